The molecule has 0 aliphatic carbocycles. The van der Waals surface area contributed by atoms with Gasteiger partial charge in [-0.05, 0) is 32.0 Å². The first-order chi connectivity index (χ1) is 12.0. The second kappa shape index (κ2) is 7.82. The molecule has 0 saturated carbocycles. The number of hydrogen-bond acceptors (Lipinski definition) is 5. The molecule has 2 saturated heterocycles. The minimum absolute atomic E-state index is 0.0344. The van der Waals surface area contributed by atoms with Gasteiger partial charge in [-0.25, -0.2) is 4.98 Å². The molecule has 2 fully saturated rings. The summed E-state index contributed by atoms with van der Waals surface area (Å²) in [5.74, 6) is 0.400. The molecule has 1 aromatic heterocycles. The summed E-state index contributed by atoms with van der Waals surface area (Å²) in [4.78, 5) is 34.7. The Morgan fingerprint density at radius 1 is 1.16 bits per heavy atom. The number of pyridine rings is 1. The van der Waals surface area contributed by atoms with Crippen LogP contribution in [0.25, 0.3) is 0 Å². The van der Waals surface area contributed by atoms with Crippen LogP contribution in [0.15, 0.2) is 18.3 Å². The van der Waals surface area contributed by atoms with Crippen molar-refractivity contribution in [3.8, 4) is 0 Å². The molecule has 0 bridgehead atoms. The van der Waals surface area contributed by atoms with Crippen molar-refractivity contribution in [2.24, 2.45) is 5.92 Å². The van der Waals surface area contributed by atoms with Crippen LogP contribution in [0.2, 0.25) is 0 Å². The van der Waals surface area contributed by atoms with E-state index < -0.39 is 0 Å². The van der Waals surface area contributed by atoms with E-state index in [2.05, 4.69) is 27.1 Å². The van der Waals surface area contributed by atoms with Crippen LogP contribution in [0.1, 0.15) is 19.8 Å². The van der Waals surface area contributed by atoms with Gasteiger partial charge < -0.3 is 20.0 Å². The highest BCUT2D eigenvalue weighted by molar-refractivity contribution is 5.92. The van der Waals surface area contributed by atoms with Crippen molar-refractivity contribution in [1.82, 2.24) is 14.8 Å². The largest absolute Gasteiger partial charge is 0.368 e. The van der Waals surface area contributed by atoms with Gasteiger partial charge in [-0.3, -0.25) is 9.59 Å². The number of piperidine rings is 1. The third kappa shape index (κ3) is 4.48. The van der Waals surface area contributed by atoms with Crippen LogP contribution in [0.3, 0.4) is 0 Å². The normalized spacial score (nSPS) is 21.9. The summed E-state index contributed by atoms with van der Waals surface area (Å²) in [5.41, 5.74) is 1.09. The van der Waals surface area contributed by atoms with E-state index in [4.69, 9.17) is 0 Å². The lowest BCUT2D eigenvalue weighted by Gasteiger charge is -2.33. The van der Waals surface area contributed by atoms with Gasteiger partial charge in [0.05, 0.1) is 17.8 Å². The zero-order valence-corrected chi connectivity index (χ0v) is 15.1. The van der Waals surface area contributed by atoms with Crippen LogP contribution in [0.5, 0.6) is 0 Å². The fourth-order valence-corrected chi connectivity index (χ4v) is 3.42. The number of nitrogens with one attached hydrogen (secondary N) is 1. The molecule has 1 unspecified atom stereocenters. The summed E-state index contributed by atoms with van der Waals surface area (Å²) in [6.07, 6.45) is 3.51. The molecule has 3 heterocycles. The van der Waals surface area contributed by atoms with Crippen molar-refractivity contribution >= 4 is 23.3 Å². The van der Waals surface area contributed by atoms with Gasteiger partial charge in [0.25, 0.3) is 0 Å². The quantitative estimate of drug-likeness (QED) is 0.886. The number of hydrogen-bond donors (Lipinski definition) is 1. The number of likely N-dealkylation sites (tertiary alicyclic amines) is 1. The van der Waals surface area contributed by atoms with Crippen molar-refractivity contribution < 1.29 is 9.59 Å². The summed E-state index contributed by atoms with van der Waals surface area (Å²) in [5, 5.41) is 2.89. The predicted molar refractivity (Wildman–Crippen MR) is 97.6 cm³/mol. The molecule has 2 amide bonds. The summed E-state index contributed by atoms with van der Waals surface area (Å²) < 4.78 is 0. The average Bonchev–Trinajstić information content (AvgIpc) is 2.63. The van der Waals surface area contributed by atoms with Gasteiger partial charge >= 0.3 is 0 Å². The molecule has 0 radical (unpaired) electrons. The fourth-order valence-electron chi connectivity index (χ4n) is 3.42. The minimum Gasteiger partial charge on any atom is -0.368 e. The highest BCUT2D eigenvalue weighted by Crippen LogP contribution is 2.20. The predicted octanol–water partition coefficient (Wildman–Crippen LogP) is 1.03. The Morgan fingerprint density at radius 3 is 2.56 bits per heavy atom. The fraction of sp³-hybridized carbons (Fsp3) is 0.611. The first kappa shape index (κ1) is 17.7. The van der Waals surface area contributed by atoms with Gasteiger partial charge in [-0.1, -0.05) is 0 Å². The summed E-state index contributed by atoms with van der Waals surface area (Å²) in [6, 6.07) is 3.87. The van der Waals surface area contributed by atoms with E-state index in [-0.39, 0.29) is 17.7 Å². The minimum atomic E-state index is -0.156. The number of piperazine rings is 1. The van der Waals surface area contributed by atoms with Gasteiger partial charge in [0.15, 0.2) is 0 Å². The zero-order chi connectivity index (χ0) is 17.8. The van der Waals surface area contributed by atoms with Crippen LogP contribution < -0.4 is 10.2 Å². The van der Waals surface area contributed by atoms with Crippen molar-refractivity contribution in [3.05, 3.63) is 18.3 Å². The Balaban J connectivity index is 1.56. The monoisotopic (exact) mass is 345 g/mol. The lowest BCUT2D eigenvalue weighted by atomic mass is 9.97. The Morgan fingerprint density at radius 2 is 1.92 bits per heavy atom. The molecule has 2 aliphatic rings. The first-order valence-electron chi connectivity index (χ1n) is 8.99. The number of carbonyl (C=O) groups excluding carboxylic acids is 2. The summed E-state index contributed by atoms with van der Waals surface area (Å²) >= 11 is 0. The molecule has 2 aliphatic heterocycles. The Hall–Kier alpha value is -2.15. The maximum atomic E-state index is 12.5. The molecule has 1 aromatic rings. The molecule has 0 spiro atoms. The molecule has 7 heteroatoms. The second-order valence-electron chi connectivity index (χ2n) is 6.99. The van der Waals surface area contributed by atoms with E-state index in [0.29, 0.717) is 12.4 Å². The first-order valence-corrected chi connectivity index (χ1v) is 8.99. The number of anilines is 2. The molecule has 1 N–H and O–H groups in total. The molecular formula is C18H27N5O2. The van der Waals surface area contributed by atoms with Gasteiger partial charge in [-0.15, -0.1) is 0 Å². The maximum Gasteiger partial charge on any atom is 0.230 e. The van der Waals surface area contributed by atoms with E-state index in [1.54, 1.807) is 11.8 Å². The van der Waals surface area contributed by atoms with E-state index in [1.165, 1.54) is 0 Å². The van der Waals surface area contributed by atoms with Crippen molar-refractivity contribution in [1.29, 1.82) is 0 Å². The number of carbonyl (C=O) groups is 2. The highest BCUT2D eigenvalue weighted by Gasteiger charge is 2.27. The van der Waals surface area contributed by atoms with E-state index in [9.17, 15) is 9.59 Å². The number of rotatable bonds is 3. The van der Waals surface area contributed by atoms with Gasteiger partial charge in [0, 0.05) is 46.2 Å². The Labute approximate surface area is 149 Å². The molecular weight excluding hydrogens is 318 g/mol. The SMILES string of the molecule is CC(=O)N1CCCC(C(=O)Nc2ccc(N3CCN(C)CC3)cn2)C1. The van der Waals surface area contributed by atoms with Crippen molar-refractivity contribution in [3.63, 3.8) is 0 Å². The molecule has 3 rings (SSSR count). The summed E-state index contributed by atoms with van der Waals surface area (Å²) in [6.45, 7) is 6.88. The van der Waals surface area contributed by atoms with E-state index in [1.807, 2.05) is 18.3 Å². The molecule has 0 aromatic carbocycles. The summed E-state index contributed by atoms with van der Waals surface area (Å²) in [7, 11) is 2.13. The number of likely N-dealkylation sites (N-methyl/N-ethyl adjacent to an activating group) is 1. The van der Waals surface area contributed by atoms with Crippen LogP contribution in [0, 0.1) is 5.92 Å². The van der Waals surface area contributed by atoms with Crippen LogP contribution in [-0.2, 0) is 9.59 Å². The molecule has 136 valence electrons. The smallest absolute Gasteiger partial charge is 0.230 e. The third-order valence-electron chi connectivity index (χ3n) is 5.11. The third-order valence-corrected chi connectivity index (χ3v) is 5.11. The lowest BCUT2D eigenvalue weighted by molar-refractivity contribution is -0.132. The molecule has 1 atom stereocenters. The van der Waals surface area contributed by atoms with Crippen molar-refractivity contribution in [2.75, 3.05) is 56.5 Å². The molecule has 25 heavy (non-hydrogen) atoms. The second-order valence-corrected chi connectivity index (χ2v) is 6.99. The van der Waals surface area contributed by atoms with Crippen LogP contribution >= 0.6 is 0 Å². The number of aromatic nitrogens is 1. The standard InChI is InChI=1S/C18H27N5O2/c1-14(24)23-7-3-4-15(13-23)18(25)20-17-6-5-16(12-19-17)22-10-8-21(2)9-11-22/h5-6,12,15H,3-4,7-11,13H2,1-2H3,(H,19,20,25). The topological polar surface area (TPSA) is 68.8 Å². The van der Waals surface area contributed by atoms with Gasteiger partial charge in [0.2, 0.25) is 11.8 Å². The lowest BCUT2D eigenvalue weighted by Crippen LogP contribution is -2.44. The average molecular weight is 345 g/mol. The van der Waals surface area contributed by atoms with Crippen molar-refractivity contribution in [2.45, 2.75) is 19.8 Å². The highest BCUT2D eigenvalue weighted by atomic mass is 16.2. The van der Waals surface area contributed by atoms with Crippen LogP contribution in [-0.4, -0.2) is 72.9 Å². The zero-order valence-electron chi connectivity index (χ0n) is 15.1. The van der Waals surface area contributed by atoms with Gasteiger partial charge in [0.1, 0.15) is 5.82 Å². The number of nitrogens with zero attached hydrogens (tertiary/aromatic N) is 4. The van der Waals surface area contributed by atoms with E-state index in [0.717, 1.165) is 51.3 Å². The Bertz CT molecular complexity index is 610. The maximum absolute atomic E-state index is 12.5. The Kier molecular flexibility index (Phi) is 5.53. The van der Waals surface area contributed by atoms with E-state index >= 15 is 0 Å². The van der Waals surface area contributed by atoms with Crippen LogP contribution in [0.4, 0.5) is 11.5 Å². The molecule has 7 nitrogen and oxygen atoms in total. The number of amides is 2. The van der Waals surface area contributed by atoms with Gasteiger partial charge in [-0.2, -0.15) is 0 Å².